The molecule has 0 radical (unpaired) electrons. The monoisotopic (exact) mass is 317 g/mol. The number of fused-ring (bicyclic) bond motifs is 1. The lowest BCUT2D eigenvalue weighted by molar-refractivity contribution is 0.262. The highest BCUT2D eigenvalue weighted by Crippen LogP contribution is 2.31. The number of nitrogens with zero attached hydrogens (tertiary/aromatic N) is 1. The van der Waals surface area contributed by atoms with Crippen LogP contribution >= 0.6 is 22.7 Å². The maximum Gasteiger partial charge on any atom is 0.326 e. The molecule has 2 aromatic heterocycles. The molecule has 0 aliphatic carbocycles. The molecule has 3 rings (SSSR count). The third-order valence-electron chi connectivity index (χ3n) is 3.05. The van der Waals surface area contributed by atoms with Gasteiger partial charge in [-0.2, -0.15) is 0 Å². The minimum Gasteiger partial charge on any atom is -0.299 e. The maximum atomic E-state index is 11.9. The molecule has 0 bridgehead atoms. The standard InChI is InChI=1S/C15H15N3OS2/c1-9(2)10-5-3-6-11-13(10)17-15(21-11)18-14(19)16-12-7-4-8-20-12/h3-9H,1-2H3,(H2,16,17,18,19). The van der Waals surface area contributed by atoms with Crippen molar-refractivity contribution in [2.45, 2.75) is 19.8 Å². The Morgan fingerprint density at radius 3 is 2.76 bits per heavy atom. The lowest BCUT2D eigenvalue weighted by Crippen LogP contribution is -2.18. The van der Waals surface area contributed by atoms with Crippen LogP contribution in [0.15, 0.2) is 35.7 Å². The number of thiazole rings is 1. The smallest absolute Gasteiger partial charge is 0.299 e. The average molecular weight is 317 g/mol. The number of carbonyl (C=O) groups is 1. The summed E-state index contributed by atoms with van der Waals surface area (Å²) in [7, 11) is 0. The van der Waals surface area contributed by atoms with E-state index in [0.29, 0.717) is 11.0 Å². The van der Waals surface area contributed by atoms with Gasteiger partial charge in [-0.25, -0.2) is 9.78 Å². The second-order valence-electron chi connectivity index (χ2n) is 4.92. The summed E-state index contributed by atoms with van der Waals surface area (Å²) >= 11 is 2.97. The van der Waals surface area contributed by atoms with Gasteiger partial charge in [0.2, 0.25) is 0 Å². The fourth-order valence-corrected chi connectivity index (χ4v) is 3.59. The number of hydrogen-bond acceptors (Lipinski definition) is 4. The molecule has 0 unspecified atom stereocenters. The SMILES string of the molecule is CC(C)c1cccc2sc(NC(=O)Nc3cccs3)nc12. The number of thiophene rings is 1. The first kappa shape index (κ1) is 14.0. The van der Waals surface area contributed by atoms with E-state index in [1.54, 1.807) is 0 Å². The predicted octanol–water partition coefficient (Wildman–Crippen LogP) is 5.13. The fourth-order valence-electron chi connectivity index (χ4n) is 2.08. The van der Waals surface area contributed by atoms with Crippen LogP contribution in [0.2, 0.25) is 0 Å². The zero-order valence-electron chi connectivity index (χ0n) is 11.7. The quantitative estimate of drug-likeness (QED) is 0.704. The van der Waals surface area contributed by atoms with E-state index in [4.69, 9.17) is 0 Å². The summed E-state index contributed by atoms with van der Waals surface area (Å²) < 4.78 is 1.09. The molecule has 2 heterocycles. The van der Waals surface area contributed by atoms with Crippen molar-refractivity contribution in [3.8, 4) is 0 Å². The van der Waals surface area contributed by atoms with Crippen LogP contribution in [0, 0.1) is 0 Å². The highest BCUT2D eigenvalue weighted by Gasteiger charge is 2.12. The summed E-state index contributed by atoms with van der Waals surface area (Å²) in [5, 5.41) is 8.94. The number of para-hydroxylation sites is 1. The highest BCUT2D eigenvalue weighted by atomic mass is 32.1. The molecule has 2 amide bonds. The van der Waals surface area contributed by atoms with Crippen LogP contribution in [-0.2, 0) is 0 Å². The van der Waals surface area contributed by atoms with Crippen molar-refractivity contribution in [2.24, 2.45) is 0 Å². The highest BCUT2D eigenvalue weighted by molar-refractivity contribution is 7.22. The van der Waals surface area contributed by atoms with Gasteiger partial charge < -0.3 is 0 Å². The number of anilines is 2. The number of carbonyl (C=O) groups excluding carboxylic acids is 1. The van der Waals surface area contributed by atoms with Crippen LogP contribution in [0.4, 0.5) is 14.9 Å². The summed E-state index contributed by atoms with van der Waals surface area (Å²) in [6.45, 7) is 4.29. The van der Waals surface area contributed by atoms with E-state index in [9.17, 15) is 4.79 Å². The lowest BCUT2D eigenvalue weighted by Gasteiger charge is -2.04. The number of urea groups is 1. The van der Waals surface area contributed by atoms with Crippen molar-refractivity contribution in [2.75, 3.05) is 10.6 Å². The molecule has 6 heteroatoms. The summed E-state index contributed by atoms with van der Waals surface area (Å²) in [4.78, 5) is 16.5. The molecule has 0 saturated heterocycles. The van der Waals surface area contributed by atoms with Gasteiger partial charge in [0.1, 0.15) is 0 Å². The summed E-state index contributed by atoms with van der Waals surface area (Å²) in [6.07, 6.45) is 0. The average Bonchev–Trinajstić information content (AvgIpc) is 3.06. The van der Waals surface area contributed by atoms with Crippen molar-refractivity contribution >= 4 is 49.1 Å². The van der Waals surface area contributed by atoms with E-state index in [0.717, 1.165) is 15.2 Å². The van der Waals surface area contributed by atoms with E-state index in [1.165, 1.54) is 28.2 Å². The molecule has 1 aromatic carbocycles. The molecule has 3 aromatic rings. The summed E-state index contributed by atoms with van der Waals surface area (Å²) in [5.74, 6) is 0.406. The van der Waals surface area contributed by atoms with Gasteiger partial charge in [0.05, 0.1) is 15.2 Å². The number of nitrogens with one attached hydrogen (secondary N) is 2. The largest absolute Gasteiger partial charge is 0.326 e. The molecule has 2 N–H and O–H groups in total. The van der Waals surface area contributed by atoms with E-state index >= 15 is 0 Å². The van der Waals surface area contributed by atoms with E-state index in [2.05, 4.69) is 35.5 Å². The minimum absolute atomic E-state index is 0.261. The molecule has 0 aliphatic rings. The number of rotatable bonds is 3. The van der Waals surface area contributed by atoms with Crippen LogP contribution in [0.5, 0.6) is 0 Å². The fraction of sp³-hybridized carbons (Fsp3) is 0.200. The Morgan fingerprint density at radius 1 is 1.19 bits per heavy atom. The van der Waals surface area contributed by atoms with E-state index in [1.807, 2.05) is 29.6 Å². The van der Waals surface area contributed by atoms with Crippen molar-refractivity contribution in [3.63, 3.8) is 0 Å². The van der Waals surface area contributed by atoms with Gasteiger partial charge in [0.25, 0.3) is 0 Å². The molecule has 21 heavy (non-hydrogen) atoms. The molecule has 0 spiro atoms. The molecule has 0 atom stereocenters. The molecule has 0 fully saturated rings. The van der Waals surface area contributed by atoms with Crippen LogP contribution < -0.4 is 10.6 Å². The van der Waals surface area contributed by atoms with E-state index < -0.39 is 0 Å². The zero-order chi connectivity index (χ0) is 14.8. The predicted molar refractivity (Wildman–Crippen MR) is 90.7 cm³/mol. The first-order valence-electron chi connectivity index (χ1n) is 6.64. The molecule has 0 aliphatic heterocycles. The molecule has 108 valence electrons. The Kier molecular flexibility index (Phi) is 3.90. The molecular weight excluding hydrogens is 302 g/mol. The second kappa shape index (κ2) is 5.83. The van der Waals surface area contributed by atoms with Gasteiger partial charge in [0, 0.05) is 0 Å². The van der Waals surface area contributed by atoms with Gasteiger partial charge in [-0.3, -0.25) is 10.6 Å². The Balaban J connectivity index is 1.81. The second-order valence-corrected chi connectivity index (χ2v) is 6.90. The topological polar surface area (TPSA) is 54.0 Å². The van der Waals surface area contributed by atoms with Crippen molar-refractivity contribution in [1.29, 1.82) is 0 Å². The van der Waals surface area contributed by atoms with Crippen molar-refractivity contribution in [1.82, 2.24) is 4.98 Å². The van der Waals surface area contributed by atoms with Gasteiger partial charge in [0.15, 0.2) is 5.13 Å². The van der Waals surface area contributed by atoms with Gasteiger partial charge in [-0.05, 0) is 35.1 Å². The Hall–Kier alpha value is -1.92. The minimum atomic E-state index is -0.261. The Bertz CT molecular complexity index is 762. The van der Waals surface area contributed by atoms with Crippen LogP contribution in [0.1, 0.15) is 25.3 Å². The maximum absolute atomic E-state index is 11.9. The van der Waals surface area contributed by atoms with Crippen molar-refractivity contribution in [3.05, 3.63) is 41.3 Å². The van der Waals surface area contributed by atoms with Gasteiger partial charge >= 0.3 is 6.03 Å². The first-order valence-corrected chi connectivity index (χ1v) is 8.34. The Morgan fingerprint density at radius 2 is 2.05 bits per heavy atom. The third-order valence-corrected chi connectivity index (χ3v) is 4.77. The molecular formula is C15H15N3OS2. The first-order chi connectivity index (χ1) is 10.1. The number of hydrogen-bond donors (Lipinski definition) is 2. The normalized spacial score (nSPS) is 11.0. The lowest BCUT2D eigenvalue weighted by atomic mass is 10.0. The summed E-state index contributed by atoms with van der Waals surface area (Å²) in [6, 6.07) is 9.64. The van der Waals surface area contributed by atoms with E-state index in [-0.39, 0.29) is 6.03 Å². The molecule has 4 nitrogen and oxygen atoms in total. The Labute approximate surface area is 130 Å². The van der Waals surface area contributed by atoms with Gasteiger partial charge in [-0.1, -0.05) is 37.3 Å². The van der Waals surface area contributed by atoms with Crippen LogP contribution in [-0.4, -0.2) is 11.0 Å². The summed E-state index contributed by atoms with van der Waals surface area (Å²) in [5.41, 5.74) is 2.18. The van der Waals surface area contributed by atoms with Crippen molar-refractivity contribution < 1.29 is 4.79 Å². The van der Waals surface area contributed by atoms with Crippen LogP contribution in [0.25, 0.3) is 10.2 Å². The number of aromatic nitrogens is 1. The van der Waals surface area contributed by atoms with Gasteiger partial charge in [-0.15, -0.1) is 11.3 Å². The third kappa shape index (κ3) is 3.06. The number of amides is 2. The van der Waals surface area contributed by atoms with Crippen LogP contribution in [0.3, 0.4) is 0 Å². The molecule has 0 saturated carbocycles. The zero-order valence-corrected chi connectivity index (χ0v) is 13.3. The number of benzene rings is 1.